The Morgan fingerprint density at radius 1 is 1.12 bits per heavy atom. The van der Waals surface area contributed by atoms with Gasteiger partial charge in [0.15, 0.2) is 0 Å². The number of nitrogens with one attached hydrogen (secondary N) is 1. The summed E-state index contributed by atoms with van der Waals surface area (Å²) in [6, 6.07) is 6.20. The largest absolute Gasteiger partial charge is 0.465 e. The molecule has 0 atom stereocenters. The van der Waals surface area contributed by atoms with Gasteiger partial charge in [0.2, 0.25) is 15.9 Å². The van der Waals surface area contributed by atoms with E-state index in [2.05, 4.69) is 15.0 Å². The Hall–Kier alpha value is -1.97. The Morgan fingerprint density at radius 3 is 2.28 bits per heavy atom. The quantitative estimate of drug-likeness (QED) is 0.728. The number of carbonyl (C=O) groups is 2. The predicted molar refractivity (Wildman–Crippen MR) is 93.9 cm³/mol. The predicted octanol–water partition coefficient (Wildman–Crippen LogP) is 0.379. The van der Waals surface area contributed by atoms with E-state index in [1.807, 2.05) is 7.05 Å². The molecule has 1 fully saturated rings. The second-order valence-electron chi connectivity index (χ2n) is 5.89. The van der Waals surface area contributed by atoms with Gasteiger partial charge in [-0.05, 0) is 31.3 Å². The molecule has 0 spiro atoms. The highest BCUT2D eigenvalue weighted by atomic mass is 32.2. The summed E-state index contributed by atoms with van der Waals surface area (Å²) in [4.78, 5) is 25.4. The van der Waals surface area contributed by atoms with Crippen LogP contribution in [0.25, 0.3) is 0 Å². The van der Waals surface area contributed by atoms with Crippen molar-refractivity contribution in [3.63, 3.8) is 0 Å². The van der Waals surface area contributed by atoms with Crippen LogP contribution in [0.2, 0.25) is 0 Å². The minimum absolute atomic E-state index is 0.118. The van der Waals surface area contributed by atoms with E-state index in [9.17, 15) is 18.0 Å². The topological polar surface area (TPSA) is 96.0 Å². The number of rotatable bonds is 6. The van der Waals surface area contributed by atoms with Gasteiger partial charge in [-0.15, -0.1) is 0 Å². The number of anilines is 1. The maximum atomic E-state index is 12.3. The molecule has 2 rings (SSSR count). The number of sulfonamides is 1. The molecule has 1 aromatic rings. The molecule has 138 valence electrons. The summed E-state index contributed by atoms with van der Waals surface area (Å²) in [5.41, 5.74) is 0.868. The fraction of sp³-hybridized carbons (Fsp3) is 0.500. The molecule has 8 nitrogen and oxygen atoms in total. The number of nitrogens with zero attached hydrogens (tertiary/aromatic N) is 2. The third-order valence-electron chi connectivity index (χ3n) is 4.03. The number of piperazine rings is 1. The molecule has 25 heavy (non-hydrogen) atoms. The Morgan fingerprint density at radius 2 is 1.72 bits per heavy atom. The third kappa shape index (κ3) is 5.52. The molecule has 0 saturated carbocycles. The van der Waals surface area contributed by atoms with Crippen LogP contribution >= 0.6 is 0 Å². The molecule has 1 N–H and O–H groups in total. The van der Waals surface area contributed by atoms with E-state index in [0.29, 0.717) is 37.4 Å². The highest BCUT2D eigenvalue weighted by Crippen LogP contribution is 2.12. The van der Waals surface area contributed by atoms with Crippen molar-refractivity contribution in [2.75, 3.05) is 51.4 Å². The normalized spacial score (nSPS) is 16.4. The minimum atomic E-state index is -3.43. The zero-order valence-corrected chi connectivity index (χ0v) is 15.2. The first-order valence-electron chi connectivity index (χ1n) is 7.96. The van der Waals surface area contributed by atoms with Gasteiger partial charge in [0.05, 0.1) is 18.4 Å². The Balaban J connectivity index is 1.84. The molecular formula is C16H23N3O5S. The number of benzene rings is 1. The van der Waals surface area contributed by atoms with Crippen LogP contribution in [0, 0.1) is 0 Å². The maximum absolute atomic E-state index is 12.3. The first-order chi connectivity index (χ1) is 11.8. The summed E-state index contributed by atoms with van der Waals surface area (Å²) < 4.78 is 30.6. The summed E-state index contributed by atoms with van der Waals surface area (Å²) in [6.45, 7) is 2.29. The molecule has 0 radical (unpaired) electrons. The summed E-state index contributed by atoms with van der Waals surface area (Å²) in [5.74, 6) is -1.07. The molecule has 1 aliphatic rings. The Labute approximate surface area is 147 Å². The second kappa shape index (κ2) is 8.41. The smallest absolute Gasteiger partial charge is 0.337 e. The minimum Gasteiger partial charge on any atom is -0.465 e. The van der Waals surface area contributed by atoms with Gasteiger partial charge in [0.1, 0.15) is 0 Å². The summed E-state index contributed by atoms with van der Waals surface area (Å²) in [5, 5.41) is 2.63. The summed E-state index contributed by atoms with van der Waals surface area (Å²) >= 11 is 0. The highest BCUT2D eigenvalue weighted by Gasteiger charge is 2.26. The molecular weight excluding hydrogens is 346 g/mol. The molecule has 0 aliphatic carbocycles. The molecule has 0 aromatic heterocycles. The standard InChI is InChI=1S/C16H23N3O5S/c1-18-8-10-19(11-9-18)25(22,23)12-7-15(20)17-14-5-3-13(4-6-14)16(21)24-2/h3-6H,7-12H2,1-2H3,(H,17,20). The SMILES string of the molecule is COC(=O)c1ccc(NC(=O)CCS(=O)(=O)N2CCN(C)CC2)cc1. The number of ether oxygens (including phenoxy) is 1. The fourth-order valence-electron chi connectivity index (χ4n) is 2.45. The number of hydrogen-bond acceptors (Lipinski definition) is 6. The van der Waals surface area contributed by atoms with E-state index >= 15 is 0 Å². The van der Waals surface area contributed by atoms with Crippen molar-refractivity contribution >= 4 is 27.6 Å². The molecule has 1 aromatic carbocycles. The third-order valence-corrected chi connectivity index (χ3v) is 5.90. The van der Waals surface area contributed by atoms with Gasteiger partial charge in [0.25, 0.3) is 0 Å². The average Bonchev–Trinajstić information content (AvgIpc) is 2.60. The number of hydrogen-bond donors (Lipinski definition) is 1. The van der Waals surface area contributed by atoms with Gasteiger partial charge < -0.3 is 15.0 Å². The van der Waals surface area contributed by atoms with E-state index in [1.165, 1.54) is 23.5 Å². The van der Waals surface area contributed by atoms with Gasteiger partial charge >= 0.3 is 5.97 Å². The van der Waals surface area contributed by atoms with Gasteiger partial charge in [-0.25, -0.2) is 13.2 Å². The van der Waals surface area contributed by atoms with Gasteiger partial charge in [0, 0.05) is 38.3 Å². The van der Waals surface area contributed by atoms with Crippen molar-refractivity contribution < 1.29 is 22.7 Å². The molecule has 9 heteroatoms. The first kappa shape index (κ1) is 19.4. The zero-order chi connectivity index (χ0) is 18.4. The highest BCUT2D eigenvalue weighted by molar-refractivity contribution is 7.89. The van der Waals surface area contributed by atoms with Crippen molar-refractivity contribution in [1.82, 2.24) is 9.21 Å². The Bertz CT molecular complexity index is 710. The lowest BCUT2D eigenvalue weighted by atomic mass is 10.2. The number of methoxy groups -OCH3 is 1. The van der Waals surface area contributed by atoms with Crippen LogP contribution in [-0.4, -0.2) is 75.6 Å². The van der Waals surface area contributed by atoms with Crippen LogP contribution in [0.15, 0.2) is 24.3 Å². The van der Waals surface area contributed by atoms with E-state index in [4.69, 9.17) is 0 Å². The van der Waals surface area contributed by atoms with Crippen LogP contribution in [0.5, 0.6) is 0 Å². The molecule has 1 heterocycles. The lowest BCUT2D eigenvalue weighted by molar-refractivity contribution is -0.115. The number of likely N-dealkylation sites (N-methyl/N-ethyl adjacent to an activating group) is 1. The molecule has 0 bridgehead atoms. The van der Waals surface area contributed by atoms with Gasteiger partial charge in [-0.2, -0.15) is 4.31 Å². The lowest BCUT2D eigenvalue weighted by Crippen LogP contribution is -2.47. The molecule has 1 aliphatic heterocycles. The van der Waals surface area contributed by atoms with E-state index in [0.717, 1.165) is 0 Å². The molecule has 0 unspecified atom stereocenters. The zero-order valence-electron chi connectivity index (χ0n) is 14.4. The van der Waals surface area contributed by atoms with Gasteiger partial charge in [-0.1, -0.05) is 0 Å². The molecule has 1 saturated heterocycles. The number of carbonyl (C=O) groups excluding carboxylic acids is 2. The van der Waals surface area contributed by atoms with Crippen LogP contribution in [0.3, 0.4) is 0 Å². The number of amides is 1. The second-order valence-corrected chi connectivity index (χ2v) is 7.97. The monoisotopic (exact) mass is 369 g/mol. The van der Waals surface area contributed by atoms with Crippen molar-refractivity contribution in [1.29, 1.82) is 0 Å². The van der Waals surface area contributed by atoms with Crippen molar-refractivity contribution in [2.45, 2.75) is 6.42 Å². The van der Waals surface area contributed by atoms with Crippen molar-refractivity contribution in [3.8, 4) is 0 Å². The van der Waals surface area contributed by atoms with Crippen molar-refractivity contribution in [3.05, 3.63) is 29.8 Å². The van der Waals surface area contributed by atoms with Crippen LogP contribution in [0.1, 0.15) is 16.8 Å². The van der Waals surface area contributed by atoms with E-state index < -0.39 is 16.0 Å². The van der Waals surface area contributed by atoms with E-state index in [1.54, 1.807) is 12.1 Å². The van der Waals surface area contributed by atoms with Crippen LogP contribution in [-0.2, 0) is 19.6 Å². The fourth-order valence-corrected chi connectivity index (χ4v) is 3.87. The van der Waals surface area contributed by atoms with Crippen LogP contribution < -0.4 is 5.32 Å². The summed E-state index contributed by atoms with van der Waals surface area (Å²) in [7, 11) is -0.193. The number of esters is 1. The summed E-state index contributed by atoms with van der Waals surface area (Å²) in [6.07, 6.45) is -0.118. The molecule has 1 amide bonds. The van der Waals surface area contributed by atoms with Crippen LogP contribution in [0.4, 0.5) is 5.69 Å². The lowest BCUT2D eigenvalue weighted by Gasteiger charge is -2.31. The average molecular weight is 369 g/mol. The van der Waals surface area contributed by atoms with Crippen molar-refractivity contribution in [2.24, 2.45) is 0 Å². The first-order valence-corrected chi connectivity index (χ1v) is 9.57. The van der Waals surface area contributed by atoms with E-state index in [-0.39, 0.29) is 18.1 Å². The Kier molecular flexibility index (Phi) is 6.51. The maximum Gasteiger partial charge on any atom is 0.337 e. The van der Waals surface area contributed by atoms with Gasteiger partial charge in [-0.3, -0.25) is 4.79 Å².